The highest BCUT2D eigenvalue weighted by molar-refractivity contribution is 5.96. The summed E-state index contributed by atoms with van der Waals surface area (Å²) in [5.74, 6) is 3.50. The number of aliphatic hydroxyl groups is 1. The Bertz CT molecular complexity index is 1530. The zero-order valence-corrected chi connectivity index (χ0v) is 35.2. The number of rotatable bonds is 19. The summed E-state index contributed by atoms with van der Waals surface area (Å²) >= 11 is 0. The standard InChI is InChI=1S/C46H72N4O6/c1-30(2)9-7-10-31(3)38-17-18-39-37-16-13-34-27-36(21-23-45(34,5)40(37)22-24-46(38,39)6)56-26-8-25-47-41(52)19-20-42(53)49-32(4)44(55)48-28-43(54)50-35-14-11-33(29-51)12-15-35/h11-15,30-32,36-40,51H,7-10,16-29H2,1-6H3,(H,47,52)(H,48,55)(H,49,53)(H,50,54). The molecule has 0 radical (unpaired) electrons. The van der Waals surface area contributed by atoms with E-state index in [1.54, 1.807) is 29.8 Å². The fraction of sp³-hybridized carbons (Fsp3) is 0.739. The van der Waals surface area contributed by atoms with Crippen LogP contribution >= 0.6 is 0 Å². The molecule has 0 aromatic heterocycles. The molecule has 0 heterocycles. The van der Waals surface area contributed by atoms with Crippen molar-refractivity contribution in [1.82, 2.24) is 16.0 Å². The van der Waals surface area contributed by atoms with Crippen LogP contribution in [0.15, 0.2) is 35.9 Å². The van der Waals surface area contributed by atoms with Crippen LogP contribution < -0.4 is 21.3 Å². The molecule has 9 atom stereocenters. The van der Waals surface area contributed by atoms with Crippen molar-refractivity contribution < 1.29 is 29.0 Å². The molecule has 1 aromatic carbocycles. The third kappa shape index (κ3) is 11.0. The van der Waals surface area contributed by atoms with Crippen LogP contribution in [0.5, 0.6) is 0 Å². The lowest BCUT2D eigenvalue weighted by Crippen LogP contribution is -2.51. The molecule has 3 fully saturated rings. The first-order valence-corrected chi connectivity index (χ1v) is 21.9. The highest BCUT2D eigenvalue weighted by Crippen LogP contribution is 2.67. The number of allylic oxidation sites excluding steroid dienone is 1. The van der Waals surface area contributed by atoms with Crippen LogP contribution in [0.3, 0.4) is 0 Å². The van der Waals surface area contributed by atoms with Gasteiger partial charge in [0, 0.05) is 31.7 Å². The summed E-state index contributed by atoms with van der Waals surface area (Å²) in [6, 6.07) is 5.84. The summed E-state index contributed by atoms with van der Waals surface area (Å²) < 4.78 is 6.38. The molecule has 4 aliphatic rings. The number of hydrogen-bond acceptors (Lipinski definition) is 6. The fourth-order valence-electron chi connectivity index (χ4n) is 11.3. The molecule has 1 aromatic rings. The summed E-state index contributed by atoms with van der Waals surface area (Å²) in [4.78, 5) is 49.4. The first-order chi connectivity index (χ1) is 26.7. The molecule has 0 bridgehead atoms. The first kappa shape index (κ1) is 43.9. The second-order valence-electron chi connectivity index (χ2n) is 18.6. The average Bonchev–Trinajstić information content (AvgIpc) is 3.53. The van der Waals surface area contributed by atoms with Crippen LogP contribution in [0.2, 0.25) is 0 Å². The maximum atomic E-state index is 12.4. The maximum absolute atomic E-state index is 12.4. The second kappa shape index (κ2) is 20.0. The van der Waals surface area contributed by atoms with E-state index >= 15 is 0 Å². The van der Waals surface area contributed by atoms with Gasteiger partial charge in [0.25, 0.3) is 0 Å². The molecular formula is C46H72N4O6. The normalized spacial score (nSPS) is 29.2. The van der Waals surface area contributed by atoms with Gasteiger partial charge >= 0.3 is 0 Å². The Morgan fingerprint density at radius 2 is 1.61 bits per heavy atom. The molecule has 0 aliphatic heterocycles. The number of carbonyl (C=O) groups excluding carboxylic acids is 4. The summed E-state index contributed by atoms with van der Waals surface area (Å²) in [5.41, 5.74) is 3.72. The minimum atomic E-state index is -0.862. The van der Waals surface area contributed by atoms with Crippen LogP contribution in [-0.4, -0.2) is 60.6 Å². The van der Waals surface area contributed by atoms with Crippen molar-refractivity contribution in [2.45, 2.75) is 150 Å². The Morgan fingerprint density at radius 3 is 2.34 bits per heavy atom. The van der Waals surface area contributed by atoms with Crippen molar-refractivity contribution in [3.05, 3.63) is 41.5 Å². The summed E-state index contributed by atoms with van der Waals surface area (Å²) in [6.45, 7) is 14.8. The van der Waals surface area contributed by atoms with Crippen LogP contribution in [0.4, 0.5) is 5.69 Å². The zero-order valence-electron chi connectivity index (χ0n) is 35.2. The van der Waals surface area contributed by atoms with E-state index in [1.165, 1.54) is 64.7 Å². The first-order valence-electron chi connectivity index (χ1n) is 21.9. The SMILES string of the molecule is CC(C)CCCC(C)C1CCC2C3CC=C4CC(OCCCNC(=O)CCC(=O)NC(C)C(=O)NCC(=O)Nc5ccc(CO)cc5)CCC4(C)C3CCC12C. The molecule has 0 saturated heterocycles. The van der Waals surface area contributed by atoms with Crippen LogP contribution in [0, 0.1) is 46.3 Å². The van der Waals surface area contributed by atoms with E-state index in [4.69, 9.17) is 9.84 Å². The summed E-state index contributed by atoms with van der Waals surface area (Å²) in [7, 11) is 0. The van der Waals surface area contributed by atoms with E-state index in [-0.39, 0.29) is 38.0 Å². The zero-order chi connectivity index (χ0) is 40.5. The maximum Gasteiger partial charge on any atom is 0.243 e. The largest absolute Gasteiger partial charge is 0.392 e. The van der Waals surface area contributed by atoms with Gasteiger partial charge in [-0.3, -0.25) is 19.2 Å². The molecule has 10 nitrogen and oxygen atoms in total. The molecule has 4 aliphatic carbocycles. The van der Waals surface area contributed by atoms with Crippen molar-refractivity contribution in [1.29, 1.82) is 0 Å². The van der Waals surface area contributed by atoms with Gasteiger partial charge in [0.2, 0.25) is 23.6 Å². The van der Waals surface area contributed by atoms with Gasteiger partial charge in [0.15, 0.2) is 0 Å². The van der Waals surface area contributed by atoms with Crippen LogP contribution in [-0.2, 0) is 30.5 Å². The van der Waals surface area contributed by atoms with Crippen molar-refractivity contribution in [2.75, 3.05) is 25.0 Å². The number of anilines is 1. The van der Waals surface area contributed by atoms with Gasteiger partial charge in [0.05, 0.1) is 19.3 Å². The minimum Gasteiger partial charge on any atom is -0.392 e. The van der Waals surface area contributed by atoms with Gasteiger partial charge in [-0.1, -0.05) is 77.7 Å². The number of aliphatic hydroxyl groups excluding tert-OH is 1. The van der Waals surface area contributed by atoms with E-state index < -0.39 is 23.8 Å². The van der Waals surface area contributed by atoms with Gasteiger partial charge < -0.3 is 31.1 Å². The smallest absolute Gasteiger partial charge is 0.243 e. The third-order valence-electron chi connectivity index (χ3n) is 14.5. The molecule has 10 heteroatoms. The van der Waals surface area contributed by atoms with E-state index in [1.807, 2.05) is 0 Å². The third-order valence-corrected chi connectivity index (χ3v) is 14.5. The van der Waals surface area contributed by atoms with Gasteiger partial charge in [-0.25, -0.2) is 0 Å². The van der Waals surface area contributed by atoms with Crippen molar-refractivity contribution >= 4 is 29.3 Å². The van der Waals surface area contributed by atoms with Gasteiger partial charge in [0.1, 0.15) is 6.04 Å². The number of carbonyl (C=O) groups is 4. The Labute approximate surface area is 336 Å². The Kier molecular flexibility index (Phi) is 15.6. The van der Waals surface area contributed by atoms with E-state index in [9.17, 15) is 19.2 Å². The average molecular weight is 777 g/mol. The number of ether oxygens (including phenoxy) is 1. The Morgan fingerprint density at radius 1 is 0.857 bits per heavy atom. The molecule has 56 heavy (non-hydrogen) atoms. The van der Waals surface area contributed by atoms with Crippen molar-refractivity contribution in [3.8, 4) is 0 Å². The van der Waals surface area contributed by atoms with Crippen molar-refractivity contribution in [3.63, 3.8) is 0 Å². The quantitative estimate of drug-likeness (QED) is 0.0729. The molecule has 3 saturated carbocycles. The highest BCUT2D eigenvalue weighted by atomic mass is 16.5. The molecule has 312 valence electrons. The van der Waals surface area contributed by atoms with Gasteiger partial charge in [-0.2, -0.15) is 0 Å². The predicted octanol–water partition coefficient (Wildman–Crippen LogP) is 7.45. The predicted molar refractivity (Wildman–Crippen MR) is 221 cm³/mol. The number of amides is 4. The number of fused-ring (bicyclic) bond motifs is 5. The Hall–Kier alpha value is -3.24. The molecule has 9 unspecified atom stereocenters. The molecule has 5 N–H and O–H groups in total. The highest BCUT2D eigenvalue weighted by Gasteiger charge is 2.59. The monoisotopic (exact) mass is 777 g/mol. The lowest BCUT2D eigenvalue weighted by molar-refractivity contribution is -0.130. The van der Waals surface area contributed by atoms with Crippen LogP contribution in [0.25, 0.3) is 0 Å². The molecule has 0 spiro atoms. The summed E-state index contributed by atoms with van der Waals surface area (Å²) in [6.07, 6.45) is 17.9. The molecule has 4 amide bonds. The minimum absolute atomic E-state index is 0.0218. The summed E-state index contributed by atoms with van der Waals surface area (Å²) in [5, 5.41) is 19.8. The number of hydrogen-bond donors (Lipinski definition) is 5. The second-order valence-corrected chi connectivity index (χ2v) is 18.6. The number of nitrogens with one attached hydrogen (secondary N) is 4. The van der Waals surface area contributed by atoms with E-state index in [0.717, 1.165) is 53.9 Å². The van der Waals surface area contributed by atoms with Gasteiger partial charge in [-0.15, -0.1) is 0 Å². The lowest BCUT2D eigenvalue weighted by Gasteiger charge is -2.58. The Balaban J connectivity index is 0.947. The van der Waals surface area contributed by atoms with E-state index in [0.29, 0.717) is 36.1 Å². The topological polar surface area (TPSA) is 146 Å². The van der Waals surface area contributed by atoms with Gasteiger partial charge in [-0.05, 0) is 129 Å². The number of benzene rings is 1. The fourth-order valence-corrected chi connectivity index (χ4v) is 11.3. The van der Waals surface area contributed by atoms with Crippen LogP contribution in [0.1, 0.15) is 137 Å². The van der Waals surface area contributed by atoms with E-state index in [2.05, 4.69) is 62.0 Å². The lowest BCUT2D eigenvalue weighted by atomic mass is 9.47. The molecular weight excluding hydrogens is 705 g/mol. The van der Waals surface area contributed by atoms with Crippen molar-refractivity contribution in [2.24, 2.45) is 46.3 Å². The molecule has 5 rings (SSSR count).